The van der Waals surface area contributed by atoms with Gasteiger partial charge in [0, 0.05) is 17.5 Å². The summed E-state index contributed by atoms with van der Waals surface area (Å²) >= 11 is 0. The molecule has 6 nitrogen and oxygen atoms in total. The number of rotatable bonds is 4. The van der Waals surface area contributed by atoms with Crippen molar-refractivity contribution in [2.45, 2.75) is 32.0 Å². The van der Waals surface area contributed by atoms with Gasteiger partial charge in [-0.1, -0.05) is 18.2 Å². The van der Waals surface area contributed by atoms with E-state index in [0.29, 0.717) is 17.7 Å². The zero-order valence-corrected chi connectivity index (χ0v) is 17.2. The average Bonchev–Trinajstić information content (AvgIpc) is 3.48. The topological polar surface area (TPSA) is 80.0 Å². The van der Waals surface area contributed by atoms with E-state index in [-0.39, 0.29) is 29.5 Å². The van der Waals surface area contributed by atoms with E-state index in [2.05, 4.69) is 0 Å². The van der Waals surface area contributed by atoms with E-state index in [9.17, 15) is 19.1 Å². The van der Waals surface area contributed by atoms with E-state index < -0.39 is 23.5 Å². The van der Waals surface area contributed by atoms with Crippen LogP contribution in [0, 0.1) is 5.82 Å². The number of hydrogen-bond acceptors (Lipinski definition) is 5. The quantitative estimate of drug-likeness (QED) is 0.376. The number of aliphatic hydroxyl groups excluding tert-OH is 1. The van der Waals surface area contributed by atoms with Crippen molar-refractivity contribution >= 4 is 17.4 Å². The molecule has 0 bridgehead atoms. The first-order valence-electron chi connectivity index (χ1n) is 10.3. The summed E-state index contributed by atoms with van der Waals surface area (Å²) in [5, 5.41) is 11.2. The fourth-order valence-electron chi connectivity index (χ4n) is 4.36. The van der Waals surface area contributed by atoms with E-state index in [1.165, 1.54) is 29.4 Å². The maximum atomic E-state index is 14.8. The molecule has 1 N–H and O–H groups in total. The fraction of sp³-hybridized carbons (Fsp3) is 0.200. The number of halogens is 1. The van der Waals surface area contributed by atoms with Crippen LogP contribution in [0.2, 0.25) is 0 Å². The molecule has 2 aliphatic rings. The molecule has 0 spiro atoms. The maximum absolute atomic E-state index is 14.8. The Bertz CT molecular complexity index is 1250. The third kappa shape index (κ3) is 3.26. The predicted molar refractivity (Wildman–Crippen MR) is 113 cm³/mol. The number of ether oxygens (including phenoxy) is 1. The van der Waals surface area contributed by atoms with Crippen LogP contribution in [-0.2, 0) is 22.6 Å². The van der Waals surface area contributed by atoms with Crippen LogP contribution in [0.15, 0.2) is 70.9 Å². The van der Waals surface area contributed by atoms with Crippen molar-refractivity contribution in [3.63, 3.8) is 0 Å². The van der Waals surface area contributed by atoms with Gasteiger partial charge >= 0.3 is 0 Å². The SMILES string of the molecule is CC1Cc2cc(C(O)=C3C(=O)C(=O)N(Cc4ccco4)C3c3ccccc3F)ccc2O1. The molecule has 3 aromatic rings. The Kier molecular flexibility index (Phi) is 4.81. The van der Waals surface area contributed by atoms with Crippen LogP contribution < -0.4 is 4.74 Å². The second-order valence-electron chi connectivity index (χ2n) is 7.98. The molecule has 1 aromatic heterocycles. The van der Waals surface area contributed by atoms with E-state index in [4.69, 9.17) is 9.15 Å². The summed E-state index contributed by atoms with van der Waals surface area (Å²) in [5.74, 6) is -1.46. The van der Waals surface area contributed by atoms with Gasteiger partial charge in [-0.25, -0.2) is 4.39 Å². The standard InChI is InChI=1S/C25H20FNO5/c1-14-11-16-12-15(8-9-20(16)32-14)23(28)21-22(18-6-2-3-7-19(18)26)27(25(30)24(21)29)13-17-5-4-10-31-17/h2-10,12,14,22,28H,11,13H2,1H3. The van der Waals surface area contributed by atoms with Gasteiger partial charge in [0.1, 0.15) is 29.2 Å². The minimum atomic E-state index is -1.09. The highest BCUT2D eigenvalue weighted by Crippen LogP contribution is 2.42. The number of amides is 1. The first-order valence-corrected chi connectivity index (χ1v) is 10.3. The number of carbonyl (C=O) groups is 2. The molecule has 32 heavy (non-hydrogen) atoms. The van der Waals surface area contributed by atoms with Crippen molar-refractivity contribution in [2.24, 2.45) is 0 Å². The van der Waals surface area contributed by atoms with Crippen molar-refractivity contribution < 1.29 is 28.2 Å². The van der Waals surface area contributed by atoms with Crippen LogP contribution in [0.25, 0.3) is 5.76 Å². The Hall–Kier alpha value is -3.87. The summed E-state index contributed by atoms with van der Waals surface area (Å²) in [5.41, 5.74) is 1.24. The third-order valence-corrected chi connectivity index (χ3v) is 5.82. The Balaban J connectivity index is 1.65. The molecule has 0 saturated carbocycles. The lowest BCUT2D eigenvalue weighted by atomic mass is 9.94. The van der Waals surface area contributed by atoms with Crippen LogP contribution in [0.4, 0.5) is 4.39 Å². The maximum Gasteiger partial charge on any atom is 0.296 e. The molecule has 2 atom stereocenters. The van der Waals surface area contributed by atoms with Gasteiger partial charge in [-0.05, 0) is 48.9 Å². The van der Waals surface area contributed by atoms with Crippen molar-refractivity contribution in [2.75, 3.05) is 0 Å². The summed E-state index contributed by atoms with van der Waals surface area (Å²) in [7, 11) is 0. The second kappa shape index (κ2) is 7.67. The summed E-state index contributed by atoms with van der Waals surface area (Å²) in [6, 6.07) is 13.3. The van der Waals surface area contributed by atoms with Crippen LogP contribution >= 0.6 is 0 Å². The van der Waals surface area contributed by atoms with Crippen LogP contribution in [0.1, 0.15) is 35.4 Å². The minimum Gasteiger partial charge on any atom is -0.507 e. The molecule has 2 unspecified atom stereocenters. The summed E-state index contributed by atoms with van der Waals surface area (Å²) in [6.45, 7) is 1.90. The Labute approximate surface area is 183 Å². The normalized spacial score (nSPS) is 21.6. The van der Waals surface area contributed by atoms with E-state index in [1.54, 1.807) is 36.4 Å². The number of likely N-dealkylation sites (tertiary alicyclic amines) is 1. The highest BCUT2D eigenvalue weighted by atomic mass is 19.1. The van der Waals surface area contributed by atoms with E-state index in [0.717, 1.165) is 11.3 Å². The fourth-order valence-corrected chi connectivity index (χ4v) is 4.36. The first-order chi connectivity index (χ1) is 15.4. The van der Waals surface area contributed by atoms with Gasteiger partial charge < -0.3 is 19.2 Å². The third-order valence-electron chi connectivity index (χ3n) is 5.82. The zero-order chi connectivity index (χ0) is 22.4. The monoisotopic (exact) mass is 433 g/mol. The zero-order valence-electron chi connectivity index (χ0n) is 17.2. The molecule has 1 fully saturated rings. The van der Waals surface area contributed by atoms with Crippen LogP contribution in [0.5, 0.6) is 5.75 Å². The molecular weight excluding hydrogens is 413 g/mol. The largest absolute Gasteiger partial charge is 0.507 e. The summed E-state index contributed by atoms with van der Waals surface area (Å²) < 4.78 is 25.9. The highest BCUT2D eigenvalue weighted by molar-refractivity contribution is 6.46. The lowest BCUT2D eigenvalue weighted by molar-refractivity contribution is -0.140. The number of ketones is 1. The van der Waals surface area contributed by atoms with Crippen LogP contribution in [-0.4, -0.2) is 27.8 Å². The minimum absolute atomic E-state index is 0.0136. The van der Waals surface area contributed by atoms with Gasteiger partial charge in [-0.3, -0.25) is 9.59 Å². The number of carbonyl (C=O) groups excluding carboxylic acids is 2. The molecule has 5 rings (SSSR count). The van der Waals surface area contributed by atoms with Gasteiger partial charge in [0.25, 0.3) is 11.7 Å². The Morgan fingerprint density at radius 2 is 1.97 bits per heavy atom. The molecule has 162 valence electrons. The lowest BCUT2D eigenvalue weighted by Gasteiger charge is -2.24. The molecule has 3 heterocycles. The van der Waals surface area contributed by atoms with Gasteiger partial charge in [0.2, 0.25) is 0 Å². The summed E-state index contributed by atoms with van der Waals surface area (Å²) in [4.78, 5) is 27.2. The number of furan rings is 1. The number of fused-ring (bicyclic) bond motifs is 1. The molecule has 1 saturated heterocycles. The number of Topliss-reactive ketones (excluding diaryl/α,β-unsaturated/α-hetero) is 1. The summed E-state index contributed by atoms with van der Waals surface area (Å²) in [6.07, 6.45) is 2.14. The number of hydrogen-bond donors (Lipinski definition) is 1. The molecule has 2 aromatic carbocycles. The predicted octanol–water partition coefficient (Wildman–Crippen LogP) is 4.36. The number of benzene rings is 2. The van der Waals surface area contributed by atoms with Crippen molar-refractivity contribution in [1.82, 2.24) is 4.90 Å². The van der Waals surface area contributed by atoms with Gasteiger partial charge in [-0.2, -0.15) is 0 Å². The van der Waals surface area contributed by atoms with E-state index in [1.807, 2.05) is 6.92 Å². The highest BCUT2D eigenvalue weighted by Gasteiger charge is 2.47. The Morgan fingerprint density at radius 3 is 2.72 bits per heavy atom. The smallest absolute Gasteiger partial charge is 0.296 e. The van der Waals surface area contributed by atoms with Crippen molar-refractivity contribution in [3.05, 3.63) is 94.7 Å². The van der Waals surface area contributed by atoms with Gasteiger partial charge in [-0.15, -0.1) is 0 Å². The van der Waals surface area contributed by atoms with Gasteiger partial charge in [0.15, 0.2) is 0 Å². The molecule has 0 radical (unpaired) electrons. The lowest BCUT2D eigenvalue weighted by Crippen LogP contribution is -2.29. The Morgan fingerprint density at radius 1 is 1.16 bits per heavy atom. The molecule has 1 amide bonds. The molecule has 7 heteroatoms. The molecule has 2 aliphatic heterocycles. The van der Waals surface area contributed by atoms with Crippen molar-refractivity contribution in [3.8, 4) is 5.75 Å². The van der Waals surface area contributed by atoms with Gasteiger partial charge in [0.05, 0.1) is 24.4 Å². The average molecular weight is 433 g/mol. The molecular formula is C25H20FNO5. The first kappa shape index (κ1) is 20.1. The van der Waals surface area contributed by atoms with Crippen molar-refractivity contribution in [1.29, 1.82) is 0 Å². The molecule has 0 aliphatic carbocycles. The number of aliphatic hydroxyl groups is 1. The second-order valence-corrected chi connectivity index (χ2v) is 7.98. The van der Waals surface area contributed by atoms with Crippen LogP contribution in [0.3, 0.4) is 0 Å². The van der Waals surface area contributed by atoms with E-state index >= 15 is 0 Å². The number of nitrogens with zero attached hydrogens (tertiary/aromatic N) is 1.